The fraction of sp³-hybridized carbons (Fsp3) is 0.579. The molecule has 1 saturated heterocycles. The predicted molar refractivity (Wildman–Crippen MR) is 98.6 cm³/mol. The van der Waals surface area contributed by atoms with Gasteiger partial charge in [0.1, 0.15) is 17.5 Å². The van der Waals surface area contributed by atoms with Crippen molar-refractivity contribution in [2.75, 3.05) is 31.1 Å². The zero-order valence-corrected chi connectivity index (χ0v) is 15.6. The van der Waals surface area contributed by atoms with Crippen LogP contribution in [0.4, 0.5) is 14.9 Å². The lowest BCUT2D eigenvalue weighted by molar-refractivity contribution is 0.0528. The number of nitrogens with zero attached hydrogens (tertiary/aromatic N) is 2. The standard InChI is InChI=1S/C19H27FN4O2/c1-19(2,3)26-18(25)23-9-8-22-16-6-10-24(11-7-16)17-5-4-15(20)12-14(17)13-21/h4-5,12,16,22H,6-11H2,1-3H3,(H,23,25). The first-order valence-corrected chi connectivity index (χ1v) is 8.93. The number of carbonyl (C=O) groups excluding carboxylic acids is 1. The molecule has 0 unspecified atom stereocenters. The van der Waals surface area contributed by atoms with E-state index in [9.17, 15) is 14.4 Å². The molecule has 6 nitrogen and oxygen atoms in total. The van der Waals surface area contributed by atoms with Crippen LogP contribution in [0.2, 0.25) is 0 Å². The van der Waals surface area contributed by atoms with E-state index >= 15 is 0 Å². The molecule has 142 valence electrons. The van der Waals surface area contributed by atoms with E-state index in [-0.39, 0.29) is 5.82 Å². The first kappa shape index (κ1) is 20.0. The summed E-state index contributed by atoms with van der Waals surface area (Å²) in [5.74, 6) is -0.390. The maximum atomic E-state index is 13.3. The van der Waals surface area contributed by atoms with Gasteiger partial charge in [-0.25, -0.2) is 9.18 Å². The Hall–Kier alpha value is -2.33. The number of anilines is 1. The number of nitrogens with one attached hydrogen (secondary N) is 2. The Morgan fingerprint density at radius 3 is 2.65 bits per heavy atom. The van der Waals surface area contributed by atoms with Crippen LogP contribution in [-0.2, 0) is 4.74 Å². The van der Waals surface area contributed by atoms with Gasteiger partial charge < -0.3 is 20.3 Å². The van der Waals surface area contributed by atoms with E-state index in [1.807, 2.05) is 20.8 Å². The first-order valence-electron chi connectivity index (χ1n) is 8.93. The van der Waals surface area contributed by atoms with Gasteiger partial charge in [0, 0.05) is 32.2 Å². The summed E-state index contributed by atoms with van der Waals surface area (Å²) in [6, 6.07) is 6.77. The Kier molecular flexibility index (Phi) is 6.81. The molecule has 1 heterocycles. The van der Waals surface area contributed by atoms with Gasteiger partial charge in [-0.05, 0) is 51.8 Å². The Morgan fingerprint density at radius 1 is 1.35 bits per heavy atom. The van der Waals surface area contributed by atoms with Crippen LogP contribution >= 0.6 is 0 Å². The fourth-order valence-corrected chi connectivity index (χ4v) is 2.95. The van der Waals surface area contributed by atoms with Crippen molar-refractivity contribution in [1.82, 2.24) is 10.6 Å². The summed E-state index contributed by atoms with van der Waals surface area (Å²) in [6.45, 7) is 8.27. The largest absolute Gasteiger partial charge is 0.444 e. The number of halogens is 1. The number of alkyl carbamates (subject to hydrolysis) is 1. The summed E-state index contributed by atoms with van der Waals surface area (Å²) in [5.41, 5.74) is 0.671. The summed E-state index contributed by atoms with van der Waals surface area (Å²) in [6.07, 6.45) is 1.44. The number of benzene rings is 1. The Bertz CT molecular complexity index is 658. The quantitative estimate of drug-likeness (QED) is 0.788. The van der Waals surface area contributed by atoms with Crippen molar-refractivity contribution in [2.24, 2.45) is 0 Å². The highest BCUT2D eigenvalue weighted by Crippen LogP contribution is 2.24. The molecule has 1 aliphatic rings. The van der Waals surface area contributed by atoms with E-state index in [4.69, 9.17) is 4.74 Å². The number of hydrogen-bond donors (Lipinski definition) is 2. The Balaban J connectivity index is 1.71. The second kappa shape index (κ2) is 8.86. The van der Waals surface area contributed by atoms with Gasteiger partial charge in [0.05, 0.1) is 11.3 Å². The number of piperidine rings is 1. The fourth-order valence-electron chi connectivity index (χ4n) is 2.95. The molecule has 2 N–H and O–H groups in total. The maximum absolute atomic E-state index is 13.3. The van der Waals surface area contributed by atoms with E-state index in [1.54, 1.807) is 6.07 Å². The second-order valence-electron chi connectivity index (χ2n) is 7.42. The molecule has 2 rings (SSSR count). The molecule has 0 spiro atoms. The van der Waals surface area contributed by atoms with Crippen LogP contribution in [0.1, 0.15) is 39.2 Å². The van der Waals surface area contributed by atoms with Crippen molar-refractivity contribution in [2.45, 2.75) is 45.3 Å². The molecule has 0 aliphatic carbocycles. The summed E-state index contributed by atoms with van der Waals surface area (Å²) in [7, 11) is 0. The van der Waals surface area contributed by atoms with Gasteiger partial charge in [-0.2, -0.15) is 5.26 Å². The van der Waals surface area contributed by atoms with Gasteiger partial charge in [-0.3, -0.25) is 0 Å². The molecule has 0 saturated carbocycles. The molecule has 7 heteroatoms. The normalized spacial score (nSPS) is 15.4. The highest BCUT2D eigenvalue weighted by Gasteiger charge is 2.21. The molecular formula is C19H27FN4O2. The summed E-state index contributed by atoms with van der Waals surface area (Å²) in [5, 5.41) is 15.3. The number of carbonyl (C=O) groups is 1. The third-order valence-corrected chi connectivity index (χ3v) is 4.14. The van der Waals surface area contributed by atoms with Gasteiger partial charge in [-0.15, -0.1) is 0 Å². The average molecular weight is 362 g/mol. The molecule has 1 aromatic carbocycles. The van der Waals surface area contributed by atoms with Crippen molar-refractivity contribution in [3.05, 3.63) is 29.6 Å². The van der Waals surface area contributed by atoms with Gasteiger partial charge in [0.15, 0.2) is 0 Å². The molecule has 0 atom stereocenters. The second-order valence-corrected chi connectivity index (χ2v) is 7.42. The van der Waals surface area contributed by atoms with Crippen LogP contribution in [0.5, 0.6) is 0 Å². The van der Waals surface area contributed by atoms with Crippen molar-refractivity contribution >= 4 is 11.8 Å². The molecule has 1 aliphatic heterocycles. The molecule has 1 fully saturated rings. The van der Waals surface area contributed by atoms with Gasteiger partial charge in [-0.1, -0.05) is 0 Å². The highest BCUT2D eigenvalue weighted by atomic mass is 19.1. The number of amides is 1. The third kappa shape index (κ3) is 6.19. The topological polar surface area (TPSA) is 77.4 Å². The predicted octanol–water partition coefficient (Wildman–Crippen LogP) is 2.78. The average Bonchev–Trinajstić information content (AvgIpc) is 2.58. The minimum absolute atomic E-state index is 0.359. The summed E-state index contributed by atoms with van der Waals surface area (Å²) < 4.78 is 18.5. The molecule has 0 radical (unpaired) electrons. The smallest absolute Gasteiger partial charge is 0.407 e. The minimum Gasteiger partial charge on any atom is -0.444 e. The number of rotatable bonds is 5. The Labute approximate surface area is 154 Å². The van der Waals surface area contributed by atoms with Crippen LogP contribution in [0.15, 0.2) is 18.2 Å². The zero-order valence-electron chi connectivity index (χ0n) is 15.6. The zero-order chi connectivity index (χ0) is 19.2. The SMILES string of the molecule is CC(C)(C)OC(=O)NCCNC1CCN(c2ccc(F)cc2C#N)CC1. The third-order valence-electron chi connectivity index (χ3n) is 4.14. The summed E-state index contributed by atoms with van der Waals surface area (Å²) in [4.78, 5) is 13.7. The maximum Gasteiger partial charge on any atom is 0.407 e. The summed E-state index contributed by atoms with van der Waals surface area (Å²) >= 11 is 0. The Morgan fingerprint density at radius 2 is 2.04 bits per heavy atom. The number of nitriles is 1. The van der Waals surface area contributed by atoms with E-state index in [0.717, 1.165) is 31.6 Å². The molecule has 26 heavy (non-hydrogen) atoms. The van der Waals surface area contributed by atoms with Crippen molar-refractivity contribution in [3.8, 4) is 6.07 Å². The van der Waals surface area contributed by atoms with Crippen LogP contribution < -0.4 is 15.5 Å². The minimum atomic E-state index is -0.493. The van der Waals surface area contributed by atoms with Crippen molar-refractivity contribution in [3.63, 3.8) is 0 Å². The van der Waals surface area contributed by atoms with Gasteiger partial charge in [0.2, 0.25) is 0 Å². The van der Waals surface area contributed by atoms with Gasteiger partial charge in [0.25, 0.3) is 0 Å². The van der Waals surface area contributed by atoms with Crippen molar-refractivity contribution < 1.29 is 13.9 Å². The van der Waals surface area contributed by atoms with Gasteiger partial charge >= 0.3 is 6.09 Å². The lowest BCUT2D eigenvalue weighted by Gasteiger charge is -2.34. The van der Waals surface area contributed by atoms with Crippen LogP contribution in [0.25, 0.3) is 0 Å². The van der Waals surface area contributed by atoms with E-state index in [0.29, 0.717) is 24.7 Å². The van der Waals surface area contributed by atoms with E-state index in [2.05, 4.69) is 21.6 Å². The van der Waals surface area contributed by atoms with Crippen LogP contribution in [0.3, 0.4) is 0 Å². The lowest BCUT2D eigenvalue weighted by atomic mass is 10.0. The van der Waals surface area contributed by atoms with E-state index < -0.39 is 11.7 Å². The van der Waals surface area contributed by atoms with Crippen LogP contribution in [0, 0.1) is 17.1 Å². The van der Waals surface area contributed by atoms with Crippen molar-refractivity contribution in [1.29, 1.82) is 5.26 Å². The molecule has 0 aromatic heterocycles. The molecule has 0 bridgehead atoms. The van der Waals surface area contributed by atoms with Crippen LogP contribution in [-0.4, -0.2) is 43.9 Å². The highest BCUT2D eigenvalue weighted by molar-refractivity contribution is 5.67. The van der Waals surface area contributed by atoms with E-state index in [1.165, 1.54) is 12.1 Å². The molecular weight excluding hydrogens is 335 g/mol. The number of ether oxygens (including phenoxy) is 1. The molecule has 1 amide bonds. The first-order chi connectivity index (χ1) is 12.3. The lowest BCUT2D eigenvalue weighted by Crippen LogP contribution is -2.45. The molecule has 1 aromatic rings. The number of hydrogen-bond acceptors (Lipinski definition) is 5. The monoisotopic (exact) mass is 362 g/mol.